The number of nitrogens with zero attached hydrogens (tertiary/aromatic N) is 1. The number of piperidine rings is 1. The van der Waals surface area contributed by atoms with Gasteiger partial charge in [0, 0.05) is 63.4 Å². The third-order valence-corrected chi connectivity index (χ3v) is 12.0. The van der Waals surface area contributed by atoms with Crippen LogP contribution in [0.2, 0.25) is 0 Å². The zero-order valence-corrected chi connectivity index (χ0v) is 20.1. The topological polar surface area (TPSA) is 69.6 Å². The minimum atomic E-state index is -0.847. The van der Waals surface area contributed by atoms with Gasteiger partial charge in [-0.3, -0.25) is 4.90 Å². The summed E-state index contributed by atoms with van der Waals surface area (Å²) in [5.41, 5.74) is -2.49. The fourth-order valence-corrected chi connectivity index (χ4v) is 11.3. The average Bonchev–Trinajstić information content (AvgIpc) is 3.34. The number of likely N-dealkylation sites (N-methyl/N-ethyl adjacent to an activating group) is 1. The average molecular weight is 450 g/mol. The van der Waals surface area contributed by atoms with Crippen molar-refractivity contribution in [2.75, 3.05) is 41.2 Å². The summed E-state index contributed by atoms with van der Waals surface area (Å²) in [5, 5.41) is 13.0. The molecule has 2 aliphatic heterocycles. The molecule has 0 aromatic carbocycles. The molecule has 180 valence electrons. The van der Waals surface area contributed by atoms with Crippen molar-refractivity contribution in [3.05, 3.63) is 0 Å². The van der Waals surface area contributed by atoms with Gasteiger partial charge in [0.1, 0.15) is 18.0 Å². The van der Waals surface area contributed by atoms with Crippen molar-refractivity contribution in [3.63, 3.8) is 0 Å². The van der Waals surface area contributed by atoms with Crippen LogP contribution >= 0.6 is 0 Å². The SMILES string of the molecule is CCN1C[C@]2(C)CC[C@H](OC)[C@@]34[C@@H]5C[C@H]6[C@H](OC)C5[C@@]5(C[C@H]6OC)OCO[C@]5(C[C@]23O)[C@@H]14. The number of rotatable bonds is 4. The van der Waals surface area contributed by atoms with Crippen LogP contribution in [0.15, 0.2) is 0 Å². The number of ether oxygens (including phenoxy) is 5. The van der Waals surface area contributed by atoms with E-state index in [1.165, 1.54) is 0 Å². The molecule has 3 spiro atoms. The molecule has 7 heteroatoms. The number of aliphatic hydroxyl groups is 1. The van der Waals surface area contributed by atoms with Crippen molar-refractivity contribution < 1.29 is 28.8 Å². The van der Waals surface area contributed by atoms with E-state index in [9.17, 15) is 5.11 Å². The Balaban J connectivity index is 1.56. The second kappa shape index (κ2) is 6.10. The minimum Gasteiger partial charge on any atom is -0.388 e. The van der Waals surface area contributed by atoms with Crippen molar-refractivity contribution in [2.45, 2.75) is 87.1 Å². The molecule has 7 fully saturated rings. The van der Waals surface area contributed by atoms with Gasteiger partial charge in [-0.1, -0.05) is 13.8 Å². The third-order valence-electron chi connectivity index (χ3n) is 12.0. The maximum absolute atomic E-state index is 13.0. The van der Waals surface area contributed by atoms with E-state index < -0.39 is 16.8 Å². The van der Waals surface area contributed by atoms with Gasteiger partial charge in [-0.25, -0.2) is 0 Å². The predicted octanol–water partition coefficient (Wildman–Crippen LogP) is 1.81. The Morgan fingerprint density at radius 2 is 1.88 bits per heavy atom. The van der Waals surface area contributed by atoms with E-state index in [0.29, 0.717) is 12.3 Å². The van der Waals surface area contributed by atoms with E-state index in [1.807, 2.05) is 21.3 Å². The molecule has 7 rings (SSSR count). The lowest BCUT2D eigenvalue weighted by Crippen LogP contribution is -2.83. The Hall–Kier alpha value is -0.280. The predicted molar refractivity (Wildman–Crippen MR) is 115 cm³/mol. The van der Waals surface area contributed by atoms with Crippen molar-refractivity contribution in [1.82, 2.24) is 4.90 Å². The number of fused-ring (bicyclic) bond motifs is 1. The molecule has 32 heavy (non-hydrogen) atoms. The molecule has 12 atom stereocenters. The molecule has 0 aromatic rings. The Morgan fingerprint density at radius 3 is 2.56 bits per heavy atom. The van der Waals surface area contributed by atoms with Gasteiger partial charge in [0.15, 0.2) is 0 Å². The van der Waals surface area contributed by atoms with Crippen molar-refractivity contribution >= 4 is 0 Å². The van der Waals surface area contributed by atoms with Gasteiger partial charge in [-0.15, -0.1) is 0 Å². The van der Waals surface area contributed by atoms with Crippen LogP contribution in [0.4, 0.5) is 0 Å². The van der Waals surface area contributed by atoms with Gasteiger partial charge < -0.3 is 28.8 Å². The molecule has 2 heterocycles. The lowest BCUT2D eigenvalue weighted by Gasteiger charge is -2.72. The summed E-state index contributed by atoms with van der Waals surface area (Å²) in [6, 6.07) is 0.0823. The van der Waals surface area contributed by atoms with Gasteiger partial charge in [0.25, 0.3) is 0 Å². The van der Waals surface area contributed by atoms with Crippen LogP contribution in [0.1, 0.15) is 46.0 Å². The van der Waals surface area contributed by atoms with Gasteiger partial charge in [-0.2, -0.15) is 0 Å². The van der Waals surface area contributed by atoms with E-state index in [2.05, 4.69) is 18.7 Å². The normalized spacial score (nSPS) is 64.1. The Bertz CT molecular complexity index is 841. The molecule has 2 saturated heterocycles. The molecular formula is C25H39NO6. The largest absolute Gasteiger partial charge is 0.388 e. The van der Waals surface area contributed by atoms with Crippen LogP contribution in [-0.4, -0.2) is 92.4 Å². The smallest absolute Gasteiger partial charge is 0.148 e. The third kappa shape index (κ3) is 1.74. The Morgan fingerprint density at radius 1 is 1.09 bits per heavy atom. The maximum atomic E-state index is 13.0. The molecule has 0 amide bonds. The highest BCUT2D eigenvalue weighted by molar-refractivity contribution is 5.44. The molecule has 7 aliphatic rings. The first-order chi connectivity index (χ1) is 15.3. The van der Waals surface area contributed by atoms with Crippen LogP contribution in [-0.2, 0) is 23.7 Å². The monoisotopic (exact) mass is 449 g/mol. The Kier molecular flexibility index (Phi) is 4.01. The first kappa shape index (κ1) is 21.0. The number of likely N-dealkylation sites (tertiary alicyclic amines) is 1. The zero-order valence-electron chi connectivity index (χ0n) is 20.1. The molecule has 0 aromatic heterocycles. The summed E-state index contributed by atoms with van der Waals surface area (Å²) < 4.78 is 32.3. The minimum absolute atomic E-state index is 0.00403. The van der Waals surface area contributed by atoms with Crippen molar-refractivity contribution in [2.24, 2.45) is 28.6 Å². The zero-order chi connectivity index (χ0) is 22.3. The molecule has 1 N–H and O–H groups in total. The van der Waals surface area contributed by atoms with Crippen LogP contribution in [0, 0.1) is 28.6 Å². The van der Waals surface area contributed by atoms with Gasteiger partial charge in [0.05, 0.1) is 30.0 Å². The molecule has 5 saturated carbocycles. The first-order valence-corrected chi connectivity index (χ1v) is 12.7. The number of hydrogen-bond donors (Lipinski definition) is 1. The first-order valence-electron chi connectivity index (χ1n) is 12.7. The summed E-state index contributed by atoms with van der Waals surface area (Å²) in [4.78, 5) is 2.63. The second-order valence-corrected chi connectivity index (χ2v) is 12.2. The summed E-state index contributed by atoms with van der Waals surface area (Å²) in [7, 11) is 5.52. The highest BCUT2D eigenvalue weighted by Gasteiger charge is 2.94. The molecule has 0 radical (unpaired) electrons. The summed E-state index contributed by atoms with van der Waals surface area (Å²) in [6.07, 6.45) is 4.56. The lowest BCUT2D eigenvalue weighted by molar-refractivity contribution is -0.320. The molecule has 7 bridgehead atoms. The van der Waals surface area contributed by atoms with Crippen LogP contribution in [0.25, 0.3) is 0 Å². The van der Waals surface area contributed by atoms with E-state index in [4.69, 9.17) is 23.7 Å². The van der Waals surface area contributed by atoms with Gasteiger partial charge in [0.2, 0.25) is 0 Å². The van der Waals surface area contributed by atoms with Crippen LogP contribution in [0.3, 0.4) is 0 Å². The van der Waals surface area contributed by atoms with E-state index >= 15 is 0 Å². The second-order valence-electron chi connectivity index (χ2n) is 12.2. The summed E-state index contributed by atoms with van der Waals surface area (Å²) in [5.74, 6) is 0.753. The van der Waals surface area contributed by atoms with Gasteiger partial charge in [-0.05, 0) is 31.7 Å². The Labute approximate surface area is 191 Å². The van der Waals surface area contributed by atoms with Crippen LogP contribution < -0.4 is 0 Å². The fraction of sp³-hybridized carbons (Fsp3) is 1.00. The number of hydrogen-bond acceptors (Lipinski definition) is 7. The quantitative estimate of drug-likeness (QED) is 0.702. The van der Waals surface area contributed by atoms with Crippen molar-refractivity contribution in [3.8, 4) is 0 Å². The van der Waals surface area contributed by atoms with E-state index in [1.54, 1.807) is 0 Å². The van der Waals surface area contributed by atoms with Crippen molar-refractivity contribution in [1.29, 1.82) is 0 Å². The molecular weight excluding hydrogens is 410 g/mol. The standard InChI is InChI=1S/C25H39NO6/c1-6-26-12-21(2)8-7-17(29-4)25-15-9-14-16(28-3)10-22(18(15)19(14)30-5)23(20(25)26,32-13-31-22)11-24(21,25)27/h14-20,27H,6-13H2,1-5H3/t14-,15-,16-,17+,18?,19+,20-,21+,22-,23-,24+,25-/m1/s1. The highest BCUT2D eigenvalue weighted by atomic mass is 16.7. The molecule has 7 nitrogen and oxygen atoms in total. The van der Waals surface area contributed by atoms with Crippen LogP contribution in [0.5, 0.6) is 0 Å². The molecule has 1 unspecified atom stereocenters. The number of methoxy groups -OCH3 is 3. The van der Waals surface area contributed by atoms with E-state index in [-0.39, 0.29) is 53.8 Å². The molecule has 5 aliphatic carbocycles. The lowest BCUT2D eigenvalue weighted by atomic mass is 9.41. The maximum Gasteiger partial charge on any atom is 0.148 e. The van der Waals surface area contributed by atoms with Gasteiger partial charge >= 0.3 is 0 Å². The summed E-state index contributed by atoms with van der Waals surface area (Å²) >= 11 is 0. The fourth-order valence-electron chi connectivity index (χ4n) is 11.3. The highest BCUT2D eigenvalue weighted by Crippen LogP contribution is 2.83. The summed E-state index contributed by atoms with van der Waals surface area (Å²) in [6.45, 7) is 6.72. The van der Waals surface area contributed by atoms with E-state index in [0.717, 1.165) is 38.8 Å².